The lowest BCUT2D eigenvalue weighted by atomic mass is 9.98. The van der Waals surface area contributed by atoms with Crippen molar-refractivity contribution in [3.8, 4) is 11.3 Å². The molecule has 1 N–H and O–H groups in total. The van der Waals surface area contributed by atoms with Crippen LogP contribution in [0.4, 0.5) is 8.63 Å². The van der Waals surface area contributed by atoms with Gasteiger partial charge < -0.3 is 18.1 Å². The van der Waals surface area contributed by atoms with Gasteiger partial charge in [0.15, 0.2) is 11.4 Å². The molecule has 1 aromatic heterocycles. The van der Waals surface area contributed by atoms with Crippen LogP contribution >= 0.6 is 0 Å². The third-order valence-electron chi connectivity index (χ3n) is 5.54. The molecule has 1 aliphatic rings. The van der Waals surface area contributed by atoms with Crippen molar-refractivity contribution in [2.24, 2.45) is 0 Å². The molecule has 2 heterocycles. The number of nitrogens with one attached hydrogen (secondary N) is 1. The fourth-order valence-electron chi connectivity index (χ4n) is 4.08. The highest BCUT2D eigenvalue weighted by Crippen LogP contribution is 2.32. The number of aromatic nitrogens is 1. The molecular formula is C27H20BF2N2. The summed E-state index contributed by atoms with van der Waals surface area (Å²) in [7, 11) is -2.68. The van der Waals surface area contributed by atoms with Gasteiger partial charge >= 0.3 is 7.40 Å². The number of hydrogen-bond acceptors (Lipinski definition) is 0. The second-order valence-electron chi connectivity index (χ2n) is 7.51. The van der Waals surface area contributed by atoms with Crippen molar-refractivity contribution in [1.82, 2.24) is 4.98 Å². The van der Waals surface area contributed by atoms with E-state index in [2.05, 4.69) is 4.98 Å². The highest BCUT2D eigenvalue weighted by molar-refractivity contribution is 6.36. The van der Waals surface area contributed by atoms with Crippen LogP contribution in [0.1, 0.15) is 16.8 Å². The van der Waals surface area contributed by atoms with E-state index < -0.39 is 7.40 Å². The Labute approximate surface area is 186 Å². The summed E-state index contributed by atoms with van der Waals surface area (Å²) in [6, 6.07) is 32.9. The number of hydrogen-bond donors (Lipinski definition) is 1. The molecule has 5 heteroatoms. The van der Waals surface area contributed by atoms with Crippen molar-refractivity contribution in [2.45, 2.75) is 0 Å². The molecule has 155 valence electrons. The fraction of sp³-hybridized carbons (Fsp3) is 0. The number of aromatic amines is 1. The Kier molecular flexibility index (Phi) is 5.38. The Morgan fingerprint density at radius 3 is 1.88 bits per heavy atom. The molecule has 5 rings (SSSR count). The largest absolute Gasteiger partial charge is 0.609 e. The van der Waals surface area contributed by atoms with Crippen LogP contribution in [0.15, 0.2) is 121 Å². The van der Waals surface area contributed by atoms with E-state index >= 15 is 0 Å². The lowest BCUT2D eigenvalue weighted by Gasteiger charge is -2.16. The molecule has 0 spiro atoms. The monoisotopic (exact) mass is 421 g/mol. The van der Waals surface area contributed by atoms with Gasteiger partial charge in [-0.2, -0.15) is 0 Å². The number of H-pyrrole nitrogens is 1. The predicted molar refractivity (Wildman–Crippen MR) is 127 cm³/mol. The van der Waals surface area contributed by atoms with Gasteiger partial charge in [-0.1, -0.05) is 78.9 Å². The summed E-state index contributed by atoms with van der Waals surface area (Å²) in [6.07, 6.45) is 3.54. The van der Waals surface area contributed by atoms with E-state index in [4.69, 9.17) is 0 Å². The second kappa shape index (κ2) is 8.63. The molecule has 0 fully saturated rings. The van der Waals surface area contributed by atoms with Crippen LogP contribution in [0.5, 0.6) is 0 Å². The number of halogens is 2. The lowest BCUT2D eigenvalue weighted by Crippen LogP contribution is -2.26. The van der Waals surface area contributed by atoms with Crippen LogP contribution in [0.2, 0.25) is 0 Å². The van der Waals surface area contributed by atoms with Crippen LogP contribution in [0.3, 0.4) is 0 Å². The minimum absolute atomic E-state index is 0.464. The molecule has 0 atom stereocenters. The first-order chi connectivity index (χ1) is 15.7. The summed E-state index contributed by atoms with van der Waals surface area (Å²) in [6.45, 7) is 0. The zero-order valence-electron chi connectivity index (χ0n) is 17.3. The van der Waals surface area contributed by atoms with E-state index in [9.17, 15) is 8.63 Å². The topological polar surface area (TPSA) is 18.8 Å². The molecule has 0 bridgehead atoms. The summed E-state index contributed by atoms with van der Waals surface area (Å²) in [5, 5.41) is 0. The molecule has 0 unspecified atom stereocenters. The van der Waals surface area contributed by atoms with Gasteiger partial charge in [0, 0.05) is 23.4 Å². The highest BCUT2D eigenvalue weighted by Gasteiger charge is 2.31. The molecule has 0 saturated heterocycles. The van der Waals surface area contributed by atoms with E-state index in [0.29, 0.717) is 11.4 Å². The molecule has 1 aliphatic heterocycles. The molecule has 3 aromatic carbocycles. The minimum atomic E-state index is -2.68. The molecule has 2 nitrogen and oxygen atoms in total. The first-order valence-electron chi connectivity index (χ1n) is 10.4. The number of allylic oxidation sites excluding steroid dienone is 2. The Bertz CT molecular complexity index is 1320. The van der Waals surface area contributed by atoms with Crippen LogP contribution in [-0.2, 0) is 0 Å². The smallest absolute Gasteiger partial charge is 0.433 e. The standard InChI is InChI=1S/C27H20BF2N2/c29-28(30)32-25(21-12-6-2-7-13-21)18-19-26(32)27(22-14-8-3-9-15-22)24-17-16-23(31-24)20-10-4-1-5-11-20/h1-19,31H. The van der Waals surface area contributed by atoms with Crippen LogP contribution in [0, 0.1) is 0 Å². The third kappa shape index (κ3) is 3.74. The van der Waals surface area contributed by atoms with Crippen molar-refractivity contribution >= 4 is 18.7 Å². The molecule has 0 saturated carbocycles. The minimum Gasteiger partial charge on any atom is -0.433 e. The van der Waals surface area contributed by atoms with Crippen LogP contribution < -0.4 is 0 Å². The van der Waals surface area contributed by atoms with E-state index in [1.165, 1.54) is 0 Å². The van der Waals surface area contributed by atoms with Crippen molar-refractivity contribution < 1.29 is 13.1 Å². The lowest BCUT2D eigenvalue weighted by molar-refractivity contribution is -0.340. The quantitative estimate of drug-likeness (QED) is 0.358. The Morgan fingerprint density at radius 1 is 0.656 bits per heavy atom. The van der Waals surface area contributed by atoms with E-state index in [1.807, 2.05) is 103 Å². The van der Waals surface area contributed by atoms with E-state index in [1.54, 1.807) is 12.2 Å². The number of nitrogens with zero attached hydrogens (tertiary/aromatic N) is 1. The first kappa shape index (κ1) is 19.9. The summed E-state index contributed by atoms with van der Waals surface area (Å²) >= 11 is 0. The highest BCUT2D eigenvalue weighted by atomic mass is 19.2. The molecule has 0 aliphatic carbocycles. The molecule has 4 aromatic rings. The molecule has 1 radical (unpaired) electrons. The van der Waals surface area contributed by atoms with Gasteiger partial charge in [0.2, 0.25) is 0 Å². The predicted octanol–water partition coefficient (Wildman–Crippen LogP) is 6.44. The van der Waals surface area contributed by atoms with Gasteiger partial charge in [-0.3, -0.25) is 0 Å². The Morgan fingerprint density at radius 2 is 1.25 bits per heavy atom. The van der Waals surface area contributed by atoms with Gasteiger partial charge in [0.25, 0.3) is 0 Å². The average Bonchev–Trinajstić information content (AvgIpc) is 3.50. The van der Waals surface area contributed by atoms with Crippen LogP contribution in [0.25, 0.3) is 16.8 Å². The second-order valence-corrected chi connectivity index (χ2v) is 7.51. The van der Waals surface area contributed by atoms with Crippen molar-refractivity contribution in [3.63, 3.8) is 0 Å². The Balaban J connectivity index is 1.73. The summed E-state index contributed by atoms with van der Waals surface area (Å²) < 4.78 is 29.9. The zero-order valence-corrected chi connectivity index (χ0v) is 17.3. The maximum absolute atomic E-state index is 14.4. The van der Waals surface area contributed by atoms with E-state index in [0.717, 1.165) is 38.1 Å². The Hall–Kier alpha value is -3.99. The van der Waals surface area contributed by atoms with Crippen LogP contribution in [-0.4, -0.2) is 22.6 Å². The fourth-order valence-corrected chi connectivity index (χ4v) is 4.08. The van der Waals surface area contributed by atoms with Gasteiger partial charge in [0.1, 0.15) is 0 Å². The van der Waals surface area contributed by atoms with Gasteiger partial charge in [-0.05, 0) is 35.4 Å². The van der Waals surface area contributed by atoms with Gasteiger partial charge in [-0.15, -0.1) is 0 Å². The normalized spacial score (nSPS) is 15.0. The number of rotatable bonds is 5. The molecule has 32 heavy (non-hydrogen) atoms. The maximum Gasteiger partial charge on any atom is 0.609 e. The first-order valence-corrected chi connectivity index (χ1v) is 10.4. The molecule has 0 amide bonds. The average molecular weight is 421 g/mol. The van der Waals surface area contributed by atoms with Crippen molar-refractivity contribution in [2.75, 3.05) is 0 Å². The summed E-state index contributed by atoms with van der Waals surface area (Å²) in [5.74, 6) is 0. The third-order valence-corrected chi connectivity index (χ3v) is 5.54. The van der Waals surface area contributed by atoms with Crippen molar-refractivity contribution in [1.29, 1.82) is 0 Å². The number of benzene rings is 3. The summed E-state index contributed by atoms with van der Waals surface area (Å²) in [4.78, 5) is 3.45. The van der Waals surface area contributed by atoms with Gasteiger partial charge in [-0.25, -0.2) is 0 Å². The van der Waals surface area contributed by atoms with E-state index in [-0.39, 0.29) is 0 Å². The SMILES string of the molecule is F[B-](F)[N+]1=C(c2ccccc2)C=CC1=C(c1ccccc1)c1ccc(-c2ccccc2)[nH]1. The van der Waals surface area contributed by atoms with Gasteiger partial charge in [0.05, 0.1) is 11.3 Å². The summed E-state index contributed by atoms with van der Waals surface area (Å²) in [5.41, 5.74) is 6.07. The van der Waals surface area contributed by atoms with Crippen molar-refractivity contribution in [3.05, 3.63) is 138 Å². The molecular weight excluding hydrogens is 401 g/mol. The zero-order chi connectivity index (χ0) is 21.9. The maximum atomic E-state index is 14.4.